The lowest BCUT2D eigenvalue weighted by atomic mass is 10.1. The van der Waals surface area contributed by atoms with E-state index in [2.05, 4.69) is 31.3 Å². The minimum Gasteiger partial charge on any atom is -0.352 e. The van der Waals surface area contributed by atoms with E-state index in [-0.39, 0.29) is 18.3 Å². The molecule has 1 unspecified atom stereocenters. The number of nitrogens with one attached hydrogen (secondary N) is 3. The fourth-order valence-electron chi connectivity index (χ4n) is 2.30. The normalized spacial score (nSPS) is 17.3. The molecule has 1 aromatic heterocycles. The predicted molar refractivity (Wildman–Crippen MR) is 92.4 cm³/mol. The van der Waals surface area contributed by atoms with E-state index < -0.39 is 0 Å². The second-order valence-electron chi connectivity index (χ2n) is 5.14. The Labute approximate surface area is 144 Å². The number of aromatic amines is 1. The van der Waals surface area contributed by atoms with Crippen LogP contribution in [0, 0.1) is 0 Å². The minimum atomic E-state index is 0. The Balaban J connectivity index is 0.00000192. The molecule has 1 aliphatic heterocycles. The van der Waals surface area contributed by atoms with E-state index in [9.17, 15) is 4.79 Å². The molecule has 1 amide bonds. The van der Waals surface area contributed by atoms with Crippen molar-refractivity contribution in [2.45, 2.75) is 19.0 Å². The number of carbonyl (C=O) groups is 1. The number of amides is 1. The summed E-state index contributed by atoms with van der Waals surface area (Å²) in [6, 6.07) is 8.05. The molecule has 1 aliphatic rings. The Morgan fingerprint density at radius 2 is 2.17 bits per heavy atom. The average Bonchev–Trinajstić information content (AvgIpc) is 3.09. The molecule has 124 valence electrons. The van der Waals surface area contributed by atoms with Gasteiger partial charge in [0, 0.05) is 42.6 Å². The summed E-state index contributed by atoms with van der Waals surface area (Å²) in [6.07, 6.45) is 0.536. The number of halogens is 1. The third kappa shape index (κ3) is 5.19. The van der Waals surface area contributed by atoms with Gasteiger partial charge in [-0.05, 0) is 10.8 Å². The standard InChI is InChI=1S/C14H18N6OS.ClH/c21-13(7-12-9-22-6-5-15-12)16-8-10-1-3-11(4-2-10)14-17-19-20-18-14;/h1-4,12,15H,5-9H2,(H,16,21)(H,17,18,19,20);1H. The summed E-state index contributed by atoms with van der Waals surface area (Å²) in [5, 5.41) is 20.2. The molecular weight excluding hydrogens is 336 g/mol. The van der Waals surface area contributed by atoms with Gasteiger partial charge in [-0.15, -0.1) is 22.6 Å². The molecule has 0 spiro atoms. The van der Waals surface area contributed by atoms with E-state index in [0.717, 1.165) is 29.2 Å². The number of thioether (sulfide) groups is 1. The summed E-state index contributed by atoms with van der Waals surface area (Å²) in [4.78, 5) is 11.9. The summed E-state index contributed by atoms with van der Waals surface area (Å²) in [5.74, 6) is 2.79. The molecule has 1 atom stereocenters. The summed E-state index contributed by atoms with van der Waals surface area (Å²) in [7, 11) is 0. The number of carbonyl (C=O) groups excluding carboxylic acids is 1. The first-order chi connectivity index (χ1) is 10.8. The van der Waals surface area contributed by atoms with Crippen molar-refractivity contribution in [2.75, 3.05) is 18.1 Å². The molecule has 0 aliphatic carbocycles. The largest absolute Gasteiger partial charge is 0.352 e. The van der Waals surface area contributed by atoms with Gasteiger partial charge in [0.25, 0.3) is 0 Å². The predicted octanol–water partition coefficient (Wildman–Crippen LogP) is 1.000. The number of hydrogen-bond acceptors (Lipinski definition) is 6. The smallest absolute Gasteiger partial charge is 0.221 e. The van der Waals surface area contributed by atoms with E-state index in [0.29, 0.717) is 24.8 Å². The Kier molecular flexibility index (Phi) is 6.82. The van der Waals surface area contributed by atoms with Gasteiger partial charge in [0.05, 0.1) is 0 Å². The molecule has 23 heavy (non-hydrogen) atoms. The molecule has 1 fully saturated rings. The number of tetrazole rings is 1. The lowest BCUT2D eigenvalue weighted by Gasteiger charge is -2.22. The summed E-state index contributed by atoms with van der Waals surface area (Å²) in [6.45, 7) is 1.52. The lowest BCUT2D eigenvalue weighted by Crippen LogP contribution is -2.41. The first-order valence-corrected chi connectivity index (χ1v) is 8.37. The van der Waals surface area contributed by atoms with Crippen LogP contribution in [-0.4, -0.2) is 50.6 Å². The molecule has 0 radical (unpaired) electrons. The average molecular weight is 355 g/mol. The molecule has 2 heterocycles. The van der Waals surface area contributed by atoms with Crippen molar-refractivity contribution in [3.8, 4) is 11.4 Å². The Bertz CT molecular complexity index is 600. The Hall–Kier alpha value is -1.64. The molecule has 9 heteroatoms. The second kappa shape index (κ2) is 8.85. The van der Waals surface area contributed by atoms with Crippen LogP contribution < -0.4 is 10.6 Å². The molecule has 3 N–H and O–H groups in total. The zero-order valence-corrected chi connectivity index (χ0v) is 14.1. The van der Waals surface area contributed by atoms with Crippen LogP contribution in [0.25, 0.3) is 11.4 Å². The highest BCUT2D eigenvalue weighted by Gasteiger charge is 2.16. The zero-order valence-electron chi connectivity index (χ0n) is 12.5. The van der Waals surface area contributed by atoms with Crippen LogP contribution in [0.4, 0.5) is 0 Å². The van der Waals surface area contributed by atoms with Crippen molar-refractivity contribution in [1.82, 2.24) is 31.3 Å². The fourth-order valence-corrected chi connectivity index (χ4v) is 3.25. The third-order valence-corrected chi connectivity index (χ3v) is 4.61. The molecular formula is C14H19ClN6OS. The second-order valence-corrected chi connectivity index (χ2v) is 6.29. The van der Waals surface area contributed by atoms with Gasteiger partial charge in [0.15, 0.2) is 0 Å². The first kappa shape index (κ1) is 17.7. The van der Waals surface area contributed by atoms with Crippen LogP contribution >= 0.6 is 24.2 Å². The first-order valence-electron chi connectivity index (χ1n) is 7.22. The van der Waals surface area contributed by atoms with Crippen molar-refractivity contribution >= 4 is 30.1 Å². The van der Waals surface area contributed by atoms with E-state index >= 15 is 0 Å². The molecule has 1 saturated heterocycles. The van der Waals surface area contributed by atoms with Crippen LogP contribution in [0.5, 0.6) is 0 Å². The molecule has 7 nitrogen and oxygen atoms in total. The van der Waals surface area contributed by atoms with Crippen LogP contribution in [0.15, 0.2) is 24.3 Å². The number of H-pyrrole nitrogens is 1. The van der Waals surface area contributed by atoms with Crippen molar-refractivity contribution in [1.29, 1.82) is 0 Å². The molecule has 0 bridgehead atoms. The Morgan fingerprint density at radius 1 is 1.35 bits per heavy atom. The van der Waals surface area contributed by atoms with Gasteiger partial charge in [-0.2, -0.15) is 17.0 Å². The minimum absolute atomic E-state index is 0. The lowest BCUT2D eigenvalue weighted by molar-refractivity contribution is -0.121. The molecule has 0 saturated carbocycles. The maximum absolute atomic E-state index is 11.9. The van der Waals surface area contributed by atoms with Gasteiger partial charge in [-0.3, -0.25) is 4.79 Å². The van der Waals surface area contributed by atoms with Crippen molar-refractivity contribution in [2.24, 2.45) is 0 Å². The van der Waals surface area contributed by atoms with Crippen molar-refractivity contribution in [3.05, 3.63) is 29.8 Å². The van der Waals surface area contributed by atoms with E-state index in [1.165, 1.54) is 0 Å². The van der Waals surface area contributed by atoms with Crippen LogP contribution in [0.1, 0.15) is 12.0 Å². The number of aromatic nitrogens is 4. The fraction of sp³-hybridized carbons (Fsp3) is 0.429. The monoisotopic (exact) mass is 354 g/mol. The van der Waals surface area contributed by atoms with Crippen molar-refractivity contribution < 1.29 is 4.79 Å². The third-order valence-electron chi connectivity index (χ3n) is 3.48. The van der Waals surface area contributed by atoms with Crippen LogP contribution in [-0.2, 0) is 11.3 Å². The highest BCUT2D eigenvalue weighted by atomic mass is 35.5. The summed E-state index contributed by atoms with van der Waals surface area (Å²) >= 11 is 1.90. The summed E-state index contributed by atoms with van der Waals surface area (Å²) < 4.78 is 0. The van der Waals surface area contributed by atoms with Gasteiger partial charge in [-0.1, -0.05) is 24.3 Å². The zero-order chi connectivity index (χ0) is 15.2. The van der Waals surface area contributed by atoms with Gasteiger partial charge in [-0.25, -0.2) is 0 Å². The quantitative estimate of drug-likeness (QED) is 0.741. The maximum Gasteiger partial charge on any atom is 0.221 e. The summed E-state index contributed by atoms with van der Waals surface area (Å²) in [5.41, 5.74) is 1.94. The number of benzene rings is 1. The van der Waals surface area contributed by atoms with Gasteiger partial charge >= 0.3 is 0 Å². The molecule has 3 rings (SSSR count). The van der Waals surface area contributed by atoms with Crippen LogP contribution in [0.3, 0.4) is 0 Å². The van der Waals surface area contributed by atoms with Crippen molar-refractivity contribution in [3.63, 3.8) is 0 Å². The van der Waals surface area contributed by atoms with Gasteiger partial charge in [0.1, 0.15) is 0 Å². The molecule has 2 aromatic rings. The highest BCUT2D eigenvalue weighted by Crippen LogP contribution is 2.14. The van der Waals surface area contributed by atoms with Gasteiger partial charge < -0.3 is 10.6 Å². The van der Waals surface area contributed by atoms with E-state index in [4.69, 9.17) is 0 Å². The molecule has 1 aromatic carbocycles. The Morgan fingerprint density at radius 3 is 2.83 bits per heavy atom. The number of hydrogen-bond donors (Lipinski definition) is 3. The van der Waals surface area contributed by atoms with Gasteiger partial charge in [0.2, 0.25) is 11.7 Å². The topological polar surface area (TPSA) is 95.6 Å². The highest BCUT2D eigenvalue weighted by molar-refractivity contribution is 7.99. The van der Waals surface area contributed by atoms with E-state index in [1.54, 1.807) is 0 Å². The SMILES string of the molecule is Cl.O=C(CC1CSCCN1)NCc1ccc(-c2nn[nH]n2)cc1. The van der Waals surface area contributed by atoms with Crippen LogP contribution in [0.2, 0.25) is 0 Å². The number of nitrogens with zero attached hydrogens (tertiary/aromatic N) is 3. The maximum atomic E-state index is 11.9. The van der Waals surface area contributed by atoms with E-state index in [1.807, 2.05) is 36.0 Å². The number of rotatable bonds is 5.